The van der Waals surface area contributed by atoms with Gasteiger partial charge in [0.25, 0.3) is 5.89 Å². The molecule has 0 amide bonds. The van der Waals surface area contributed by atoms with Crippen molar-refractivity contribution in [3.8, 4) is 11.5 Å². The summed E-state index contributed by atoms with van der Waals surface area (Å²) in [6.45, 7) is 0. The number of nitrogens with zero attached hydrogens (tertiary/aromatic N) is 2. The largest absolute Gasteiger partial charge is 0.396 e. The van der Waals surface area contributed by atoms with E-state index < -0.39 is 0 Å². The van der Waals surface area contributed by atoms with Gasteiger partial charge >= 0.3 is 0 Å². The molecule has 2 aromatic rings. The molecule has 0 spiro atoms. The van der Waals surface area contributed by atoms with Crippen LogP contribution in [-0.2, 0) is 0 Å². The Balaban J connectivity index is 2.57. The monoisotopic (exact) mass is 229 g/mol. The summed E-state index contributed by atoms with van der Waals surface area (Å²) >= 11 is 11.7. The molecular weight excluding hydrogens is 225 g/mol. The summed E-state index contributed by atoms with van der Waals surface area (Å²) in [5.41, 5.74) is 6.56. The van der Waals surface area contributed by atoms with Crippen LogP contribution in [0.3, 0.4) is 0 Å². The predicted molar refractivity (Wildman–Crippen MR) is 54.2 cm³/mol. The van der Waals surface area contributed by atoms with Crippen LogP contribution in [0.25, 0.3) is 11.5 Å². The van der Waals surface area contributed by atoms with Crippen LogP contribution in [0, 0.1) is 0 Å². The number of hydrogen-bond acceptors (Lipinski definition) is 4. The lowest BCUT2D eigenvalue weighted by atomic mass is 10.2. The van der Waals surface area contributed by atoms with Gasteiger partial charge in [-0.05, 0) is 12.1 Å². The molecule has 0 aliphatic carbocycles. The Morgan fingerprint density at radius 3 is 2.36 bits per heavy atom. The second-order valence-corrected chi connectivity index (χ2v) is 3.41. The summed E-state index contributed by atoms with van der Waals surface area (Å²) in [6, 6.07) is 3.24. The molecule has 1 heterocycles. The maximum Gasteiger partial charge on any atom is 0.257 e. The smallest absolute Gasteiger partial charge is 0.257 e. The van der Waals surface area contributed by atoms with Crippen LogP contribution in [0.4, 0.5) is 5.69 Å². The van der Waals surface area contributed by atoms with Crippen LogP contribution >= 0.6 is 23.2 Å². The highest BCUT2D eigenvalue weighted by Crippen LogP contribution is 2.32. The second kappa shape index (κ2) is 3.48. The first-order chi connectivity index (χ1) is 6.68. The van der Waals surface area contributed by atoms with Crippen molar-refractivity contribution in [1.82, 2.24) is 10.1 Å². The van der Waals surface area contributed by atoms with E-state index in [2.05, 4.69) is 10.1 Å². The molecule has 6 heteroatoms. The first kappa shape index (κ1) is 9.30. The van der Waals surface area contributed by atoms with E-state index in [0.717, 1.165) is 0 Å². The molecule has 0 aliphatic rings. The SMILES string of the molecule is Nc1c(Cl)cc(-c2ncno2)cc1Cl. The van der Waals surface area contributed by atoms with Crippen molar-refractivity contribution in [1.29, 1.82) is 0 Å². The van der Waals surface area contributed by atoms with Gasteiger partial charge in [-0.3, -0.25) is 0 Å². The fraction of sp³-hybridized carbons (Fsp3) is 0. The molecule has 2 N–H and O–H groups in total. The lowest BCUT2D eigenvalue weighted by Gasteiger charge is -2.02. The Morgan fingerprint density at radius 1 is 1.21 bits per heavy atom. The van der Waals surface area contributed by atoms with Crippen LogP contribution < -0.4 is 5.73 Å². The van der Waals surface area contributed by atoms with E-state index in [0.29, 0.717) is 27.2 Å². The standard InChI is InChI=1S/C8H5Cl2N3O/c9-5-1-4(2-6(10)7(5)11)8-12-3-13-14-8/h1-3H,11H2. The number of anilines is 1. The minimum absolute atomic E-state index is 0.344. The molecule has 0 radical (unpaired) electrons. The minimum Gasteiger partial charge on any atom is -0.396 e. The van der Waals surface area contributed by atoms with Gasteiger partial charge in [-0.2, -0.15) is 4.98 Å². The fourth-order valence-corrected chi connectivity index (χ4v) is 1.50. The summed E-state index contributed by atoms with van der Waals surface area (Å²) in [6.07, 6.45) is 1.30. The van der Waals surface area contributed by atoms with Crippen LogP contribution in [0.2, 0.25) is 10.0 Å². The first-order valence-electron chi connectivity index (χ1n) is 3.70. The molecule has 0 atom stereocenters. The van der Waals surface area contributed by atoms with E-state index >= 15 is 0 Å². The molecule has 2 rings (SSSR count). The van der Waals surface area contributed by atoms with Crippen molar-refractivity contribution in [3.05, 3.63) is 28.5 Å². The summed E-state index contributed by atoms with van der Waals surface area (Å²) in [4.78, 5) is 3.86. The topological polar surface area (TPSA) is 64.9 Å². The van der Waals surface area contributed by atoms with Crippen molar-refractivity contribution in [2.75, 3.05) is 5.73 Å². The van der Waals surface area contributed by atoms with Crippen molar-refractivity contribution in [2.24, 2.45) is 0 Å². The second-order valence-electron chi connectivity index (χ2n) is 2.60. The van der Waals surface area contributed by atoms with Gasteiger partial charge in [0.1, 0.15) is 0 Å². The highest BCUT2D eigenvalue weighted by molar-refractivity contribution is 6.39. The van der Waals surface area contributed by atoms with Crippen molar-refractivity contribution in [3.63, 3.8) is 0 Å². The van der Waals surface area contributed by atoms with Gasteiger partial charge in [-0.15, -0.1) is 0 Å². The molecule has 0 bridgehead atoms. The van der Waals surface area contributed by atoms with E-state index in [1.165, 1.54) is 6.33 Å². The fourth-order valence-electron chi connectivity index (χ4n) is 1.01. The van der Waals surface area contributed by atoms with E-state index in [4.69, 9.17) is 33.5 Å². The van der Waals surface area contributed by atoms with E-state index in [1.807, 2.05) is 0 Å². The molecule has 0 saturated carbocycles. The van der Waals surface area contributed by atoms with E-state index in [9.17, 15) is 0 Å². The number of benzene rings is 1. The molecule has 1 aromatic heterocycles. The molecule has 0 saturated heterocycles. The lowest BCUT2D eigenvalue weighted by Crippen LogP contribution is -1.89. The Kier molecular flexibility index (Phi) is 2.31. The molecule has 0 unspecified atom stereocenters. The minimum atomic E-state index is 0.344. The predicted octanol–water partition coefficient (Wildman–Crippen LogP) is 2.63. The zero-order chi connectivity index (χ0) is 10.1. The summed E-state index contributed by atoms with van der Waals surface area (Å²) < 4.78 is 4.85. The Morgan fingerprint density at radius 2 is 1.86 bits per heavy atom. The maximum atomic E-state index is 5.84. The van der Waals surface area contributed by atoms with Crippen LogP contribution in [0.15, 0.2) is 23.0 Å². The van der Waals surface area contributed by atoms with Gasteiger partial charge in [0, 0.05) is 5.56 Å². The van der Waals surface area contributed by atoms with E-state index in [-0.39, 0.29) is 0 Å². The summed E-state index contributed by atoms with van der Waals surface area (Å²) in [5.74, 6) is 0.355. The lowest BCUT2D eigenvalue weighted by molar-refractivity contribution is 0.430. The number of hydrogen-bond donors (Lipinski definition) is 1. The summed E-state index contributed by atoms with van der Waals surface area (Å²) in [7, 11) is 0. The van der Waals surface area contributed by atoms with Gasteiger partial charge in [0.2, 0.25) is 0 Å². The number of nitrogens with two attached hydrogens (primary N) is 1. The molecule has 14 heavy (non-hydrogen) atoms. The van der Waals surface area contributed by atoms with E-state index in [1.54, 1.807) is 12.1 Å². The summed E-state index contributed by atoms with van der Waals surface area (Å²) in [5, 5.41) is 4.21. The molecule has 0 fully saturated rings. The van der Waals surface area contributed by atoms with Gasteiger partial charge in [0.15, 0.2) is 6.33 Å². The average Bonchev–Trinajstić information content (AvgIpc) is 2.66. The van der Waals surface area contributed by atoms with Crippen molar-refractivity contribution < 1.29 is 4.52 Å². The zero-order valence-corrected chi connectivity index (χ0v) is 8.38. The first-order valence-corrected chi connectivity index (χ1v) is 4.45. The molecule has 72 valence electrons. The normalized spacial score (nSPS) is 10.4. The maximum absolute atomic E-state index is 5.84. The number of aromatic nitrogens is 2. The Hall–Kier alpha value is -1.26. The van der Waals surface area contributed by atoms with Gasteiger partial charge in [0.05, 0.1) is 15.7 Å². The van der Waals surface area contributed by atoms with Gasteiger partial charge in [-0.25, -0.2) is 0 Å². The van der Waals surface area contributed by atoms with Crippen LogP contribution in [-0.4, -0.2) is 10.1 Å². The third-order valence-electron chi connectivity index (χ3n) is 1.69. The molecule has 0 aliphatic heterocycles. The highest BCUT2D eigenvalue weighted by atomic mass is 35.5. The van der Waals surface area contributed by atoms with Crippen molar-refractivity contribution >= 4 is 28.9 Å². The zero-order valence-electron chi connectivity index (χ0n) is 6.87. The number of rotatable bonds is 1. The van der Waals surface area contributed by atoms with Crippen molar-refractivity contribution in [2.45, 2.75) is 0 Å². The van der Waals surface area contributed by atoms with Crippen LogP contribution in [0.1, 0.15) is 0 Å². The van der Waals surface area contributed by atoms with Crippen LogP contribution in [0.5, 0.6) is 0 Å². The average molecular weight is 230 g/mol. The quantitative estimate of drug-likeness (QED) is 0.764. The van der Waals surface area contributed by atoms with Gasteiger partial charge in [-0.1, -0.05) is 28.4 Å². The molecule has 1 aromatic carbocycles. The Bertz CT molecular complexity index is 433. The Labute approximate surface area is 89.6 Å². The molecule has 4 nitrogen and oxygen atoms in total. The third kappa shape index (κ3) is 1.54. The molecular formula is C8H5Cl2N3O. The van der Waals surface area contributed by atoms with Gasteiger partial charge < -0.3 is 10.3 Å². The number of nitrogen functional groups attached to an aromatic ring is 1. The highest BCUT2D eigenvalue weighted by Gasteiger charge is 2.09. The number of halogens is 2. The third-order valence-corrected chi connectivity index (χ3v) is 2.31.